The minimum atomic E-state index is -1.79. The van der Waals surface area contributed by atoms with E-state index in [0.717, 1.165) is 44.9 Å². The van der Waals surface area contributed by atoms with Gasteiger partial charge in [-0.05, 0) is 63.0 Å². The Morgan fingerprint density at radius 1 is 0.966 bits per heavy atom. The Morgan fingerprint density at radius 2 is 1.52 bits per heavy atom. The zero-order valence-electron chi connectivity index (χ0n) is 19.7. The highest BCUT2D eigenvalue weighted by atomic mass is 28.4. The summed E-state index contributed by atoms with van der Waals surface area (Å²) >= 11 is 0. The average Bonchev–Trinajstić information content (AvgIpc) is 2.59. The van der Waals surface area contributed by atoms with E-state index >= 15 is 0 Å². The summed E-state index contributed by atoms with van der Waals surface area (Å²) in [5.74, 6) is 0.978. The van der Waals surface area contributed by atoms with Crippen molar-refractivity contribution in [3.63, 3.8) is 0 Å². The van der Waals surface area contributed by atoms with Crippen LogP contribution in [0.15, 0.2) is 24.3 Å². The predicted octanol–water partition coefficient (Wildman–Crippen LogP) is 5.17. The number of ether oxygens (including phenoxy) is 1. The van der Waals surface area contributed by atoms with Gasteiger partial charge < -0.3 is 14.1 Å². The van der Waals surface area contributed by atoms with Crippen LogP contribution in [0.5, 0.6) is 5.75 Å². The maximum atomic E-state index is 12.2. The first-order chi connectivity index (χ1) is 13.3. The van der Waals surface area contributed by atoms with Gasteiger partial charge in [0.25, 0.3) is 0 Å². The molecule has 0 aromatic heterocycles. The Balaban J connectivity index is 1.78. The van der Waals surface area contributed by atoms with Crippen LogP contribution < -0.4 is 4.43 Å². The van der Waals surface area contributed by atoms with Crippen LogP contribution in [0.2, 0.25) is 18.1 Å². The molecule has 0 atom stereocenters. The molecule has 2 rings (SSSR count). The van der Waals surface area contributed by atoms with Crippen molar-refractivity contribution >= 4 is 14.4 Å². The lowest BCUT2D eigenvalue weighted by atomic mass is 10.1. The van der Waals surface area contributed by atoms with Crippen molar-refractivity contribution in [1.29, 1.82) is 0 Å². The summed E-state index contributed by atoms with van der Waals surface area (Å²) < 4.78 is 11.8. The zero-order valence-corrected chi connectivity index (χ0v) is 20.7. The fourth-order valence-corrected chi connectivity index (χ4v) is 3.97. The smallest absolute Gasteiger partial charge is 0.410 e. The van der Waals surface area contributed by atoms with Gasteiger partial charge >= 0.3 is 6.09 Å². The third-order valence-electron chi connectivity index (χ3n) is 5.84. The molecule has 1 heterocycles. The predicted molar refractivity (Wildman–Crippen MR) is 122 cm³/mol. The van der Waals surface area contributed by atoms with Crippen molar-refractivity contribution in [2.45, 2.75) is 71.7 Å². The third-order valence-corrected chi connectivity index (χ3v) is 10.2. The van der Waals surface area contributed by atoms with Crippen molar-refractivity contribution in [3.05, 3.63) is 29.8 Å². The molecule has 1 aliphatic heterocycles. The standard InChI is InChI=1S/C23H40N2O3Si/c1-22(2,3)27-21(26)25-17-15-24(16-18-25)14-13-19-9-11-20(12-10-19)28-29(7,8)23(4,5)6/h9-12H,13-18H2,1-8H3. The lowest BCUT2D eigenvalue weighted by Crippen LogP contribution is -2.50. The van der Waals surface area contributed by atoms with E-state index in [9.17, 15) is 4.79 Å². The van der Waals surface area contributed by atoms with Gasteiger partial charge in [-0.25, -0.2) is 4.79 Å². The number of rotatable bonds is 5. The topological polar surface area (TPSA) is 42.0 Å². The maximum Gasteiger partial charge on any atom is 0.410 e. The molecule has 5 nitrogen and oxygen atoms in total. The normalized spacial score (nSPS) is 16.6. The Hall–Kier alpha value is -1.53. The number of nitrogens with zero attached hydrogens (tertiary/aromatic N) is 2. The molecule has 0 radical (unpaired) electrons. The van der Waals surface area contributed by atoms with Crippen molar-refractivity contribution in [2.75, 3.05) is 32.7 Å². The third kappa shape index (κ3) is 7.34. The molecule has 0 bridgehead atoms. The van der Waals surface area contributed by atoms with Gasteiger partial charge in [-0.3, -0.25) is 4.90 Å². The van der Waals surface area contributed by atoms with Crippen LogP contribution in [0.3, 0.4) is 0 Å². The molecular weight excluding hydrogens is 380 g/mol. The SMILES string of the molecule is CC(C)(C)OC(=O)N1CCN(CCc2ccc(O[Si](C)(C)C(C)(C)C)cc2)CC1. The van der Waals surface area contributed by atoms with Crippen LogP contribution in [0.1, 0.15) is 47.1 Å². The molecule has 1 aliphatic rings. The second kappa shape index (κ2) is 9.09. The molecule has 164 valence electrons. The summed E-state index contributed by atoms with van der Waals surface area (Å²) in [4.78, 5) is 16.4. The van der Waals surface area contributed by atoms with E-state index in [0.29, 0.717) is 0 Å². The minimum absolute atomic E-state index is 0.200. The first-order valence-electron chi connectivity index (χ1n) is 10.8. The fraction of sp³-hybridized carbons (Fsp3) is 0.696. The van der Waals surface area contributed by atoms with Crippen molar-refractivity contribution in [3.8, 4) is 5.75 Å². The lowest BCUT2D eigenvalue weighted by Gasteiger charge is -2.36. The number of hydrogen-bond donors (Lipinski definition) is 0. The van der Waals surface area contributed by atoms with Gasteiger partial charge in [-0.2, -0.15) is 0 Å². The molecule has 1 aromatic carbocycles. The van der Waals surface area contributed by atoms with Gasteiger partial charge in [-0.1, -0.05) is 32.9 Å². The monoisotopic (exact) mass is 420 g/mol. The van der Waals surface area contributed by atoms with Gasteiger partial charge in [-0.15, -0.1) is 0 Å². The van der Waals surface area contributed by atoms with E-state index in [1.807, 2.05) is 25.7 Å². The molecule has 0 spiro atoms. The molecule has 0 aliphatic carbocycles. The Morgan fingerprint density at radius 3 is 2.00 bits per heavy atom. The quantitative estimate of drug-likeness (QED) is 0.617. The van der Waals surface area contributed by atoms with Crippen LogP contribution >= 0.6 is 0 Å². The van der Waals surface area contributed by atoms with Gasteiger partial charge in [0.1, 0.15) is 11.4 Å². The highest BCUT2D eigenvalue weighted by molar-refractivity contribution is 6.74. The van der Waals surface area contributed by atoms with E-state index in [1.54, 1.807) is 0 Å². The molecular formula is C23H40N2O3Si. The highest BCUT2D eigenvalue weighted by Crippen LogP contribution is 2.37. The highest BCUT2D eigenvalue weighted by Gasteiger charge is 2.38. The van der Waals surface area contributed by atoms with E-state index < -0.39 is 13.9 Å². The number of hydrogen-bond acceptors (Lipinski definition) is 4. The first kappa shape index (κ1) is 23.7. The van der Waals surface area contributed by atoms with Crippen LogP contribution in [-0.4, -0.2) is 62.5 Å². The minimum Gasteiger partial charge on any atom is -0.544 e. The summed E-state index contributed by atoms with van der Waals surface area (Å²) in [6, 6.07) is 8.57. The Bertz CT molecular complexity index is 667. The summed E-state index contributed by atoms with van der Waals surface area (Å²) in [6.07, 6.45) is 0.807. The molecule has 0 saturated carbocycles. The largest absolute Gasteiger partial charge is 0.544 e. The molecule has 1 fully saturated rings. The first-order valence-corrected chi connectivity index (χ1v) is 13.7. The fourth-order valence-electron chi connectivity index (χ4n) is 2.94. The number of carbonyl (C=O) groups excluding carboxylic acids is 1. The van der Waals surface area contributed by atoms with Crippen LogP contribution in [0.4, 0.5) is 4.79 Å². The van der Waals surface area contributed by atoms with Crippen LogP contribution in [-0.2, 0) is 11.2 Å². The second-order valence-electron chi connectivity index (χ2n) is 10.6. The van der Waals surface area contributed by atoms with E-state index in [4.69, 9.17) is 9.16 Å². The van der Waals surface area contributed by atoms with Gasteiger partial charge in [0, 0.05) is 32.7 Å². The zero-order chi connectivity index (χ0) is 21.9. The molecule has 1 amide bonds. The Labute approximate surface area is 178 Å². The molecule has 1 saturated heterocycles. The second-order valence-corrected chi connectivity index (χ2v) is 15.3. The van der Waals surface area contributed by atoms with Crippen molar-refractivity contribution in [1.82, 2.24) is 9.80 Å². The van der Waals surface area contributed by atoms with E-state index in [2.05, 4.69) is 63.0 Å². The van der Waals surface area contributed by atoms with Crippen LogP contribution in [0.25, 0.3) is 0 Å². The molecule has 0 unspecified atom stereocenters. The Kier molecular flexibility index (Phi) is 7.44. The molecule has 6 heteroatoms. The average molecular weight is 421 g/mol. The number of amides is 1. The van der Waals surface area contributed by atoms with Crippen LogP contribution in [0, 0.1) is 0 Å². The summed E-state index contributed by atoms with van der Waals surface area (Å²) in [6.45, 7) is 21.3. The van der Waals surface area contributed by atoms with Crippen molar-refractivity contribution in [2.24, 2.45) is 0 Å². The lowest BCUT2D eigenvalue weighted by molar-refractivity contribution is 0.0146. The molecule has 29 heavy (non-hydrogen) atoms. The molecule has 1 aromatic rings. The van der Waals surface area contributed by atoms with Crippen molar-refractivity contribution < 1.29 is 14.0 Å². The number of piperazine rings is 1. The van der Waals surface area contributed by atoms with E-state index in [1.165, 1.54) is 5.56 Å². The summed E-state index contributed by atoms with van der Waals surface area (Å²) in [5, 5.41) is 0.202. The van der Waals surface area contributed by atoms with Gasteiger partial charge in [0.15, 0.2) is 0 Å². The van der Waals surface area contributed by atoms with E-state index in [-0.39, 0.29) is 11.1 Å². The summed E-state index contributed by atoms with van der Waals surface area (Å²) in [5.41, 5.74) is 0.886. The molecule has 0 N–H and O–H groups in total. The number of carbonyl (C=O) groups is 1. The summed E-state index contributed by atoms with van der Waals surface area (Å²) in [7, 11) is -1.79. The maximum absolute atomic E-state index is 12.2. The van der Waals surface area contributed by atoms with Gasteiger partial charge in [0.05, 0.1) is 0 Å². The number of benzene rings is 1. The van der Waals surface area contributed by atoms with Gasteiger partial charge in [0.2, 0.25) is 8.32 Å².